The van der Waals surface area contributed by atoms with Gasteiger partial charge in [0, 0.05) is 7.05 Å². The monoisotopic (exact) mass is 377 g/mol. The van der Waals surface area contributed by atoms with E-state index in [2.05, 4.69) is 5.32 Å². The minimum absolute atomic E-state index is 0.0335. The number of para-hydroxylation sites is 1. The Bertz CT molecular complexity index is 910. The Morgan fingerprint density at radius 1 is 1.12 bits per heavy atom. The van der Waals surface area contributed by atoms with Gasteiger partial charge in [0.2, 0.25) is 15.9 Å². The largest absolute Gasteiger partial charge is 0.497 e. The van der Waals surface area contributed by atoms with E-state index in [0.29, 0.717) is 5.75 Å². The first kappa shape index (κ1) is 19.4. The molecule has 0 aliphatic carbocycles. The number of methoxy groups -OCH3 is 1. The highest BCUT2D eigenvalue weighted by Gasteiger charge is 2.23. The van der Waals surface area contributed by atoms with Gasteiger partial charge in [-0.15, -0.1) is 0 Å². The van der Waals surface area contributed by atoms with Crippen LogP contribution in [-0.2, 0) is 14.8 Å². The fraction of sp³-hybridized carbons (Fsp3) is 0.176. The molecule has 0 fully saturated rings. The predicted octanol–water partition coefficient (Wildman–Crippen LogP) is 1.05. The van der Waals surface area contributed by atoms with Crippen LogP contribution in [0.1, 0.15) is 10.4 Å². The third kappa shape index (κ3) is 4.38. The third-order valence-corrected chi connectivity index (χ3v) is 5.42. The zero-order valence-electron chi connectivity index (χ0n) is 14.3. The Kier molecular flexibility index (Phi) is 5.96. The number of hydrogen-bond donors (Lipinski definition) is 2. The van der Waals surface area contributed by atoms with E-state index in [-0.39, 0.29) is 16.1 Å². The highest BCUT2D eigenvalue weighted by atomic mass is 32.2. The van der Waals surface area contributed by atoms with Gasteiger partial charge in [0.1, 0.15) is 5.75 Å². The molecule has 9 heteroatoms. The van der Waals surface area contributed by atoms with E-state index in [1.165, 1.54) is 50.6 Å². The van der Waals surface area contributed by atoms with Gasteiger partial charge in [-0.25, -0.2) is 8.42 Å². The summed E-state index contributed by atoms with van der Waals surface area (Å²) in [6.07, 6.45) is 0. The summed E-state index contributed by atoms with van der Waals surface area (Å²) in [5, 5.41) is 2.50. The Hall–Kier alpha value is -2.91. The summed E-state index contributed by atoms with van der Waals surface area (Å²) in [5.74, 6) is -0.772. The summed E-state index contributed by atoms with van der Waals surface area (Å²) in [6, 6.07) is 12.0. The summed E-state index contributed by atoms with van der Waals surface area (Å²) in [7, 11) is -1.09. The van der Waals surface area contributed by atoms with Crippen molar-refractivity contribution in [3.05, 3.63) is 54.1 Å². The lowest BCUT2D eigenvalue weighted by molar-refractivity contribution is -0.116. The Morgan fingerprint density at radius 2 is 1.73 bits per heavy atom. The van der Waals surface area contributed by atoms with Crippen LogP contribution in [0.25, 0.3) is 0 Å². The maximum Gasteiger partial charge on any atom is 0.250 e. The number of rotatable bonds is 7. The SMILES string of the molecule is COc1ccc(S(=O)(=O)N(C)CC(=O)Nc2ccccc2C(N)=O)cc1. The van der Waals surface area contributed by atoms with E-state index in [1.807, 2.05) is 0 Å². The second kappa shape index (κ2) is 7.98. The second-order valence-corrected chi connectivity index (χ2v) is 7.44. The van der Waals surface area contributed by atoms with Crippen molar-refractivity contribution in [3.8, 4) is 5.75 Å². The summed E-state index contributed by atoms with van der Waals surface area (Å²) < 4.78 is 31.0. The summed E-state index contributed by atoms with van der Waals surface area (Å²) in [6.45, 7) is -0.429. The van der Waals surface area contributed by atoms with Gasteiger partial charge >= 0.3 is 0 Å². The van der Waals surface area contributed by atoms with Crippen molar-refractivity contribution in [1.29, 1.82) is 0 Å². The van der Waals surface area contributed by atoms with Gasteiger partial charge in [-0.2, -0.15) is 4.31 Å². The number of anilines is 1. The molecule has 26 heavy (non-hydrogen) atoms. The lowest BCUT2D eigenvalue weighted by atomic mass is 10.1. The number of ether oxygens (including phenoxy) is 1. The molecule has 2 amide bonds. The van der Waals surface area contributed by atoms with Crippen LogP contribution in [0.3, 0.4) is 0 Å². The van der Waals surface area contributed by atoms with E-state index in [1.54, 1.807) is 12.1 Å². The molecule has 0 saturated heterocycles. The van der Waals surface area contributed by atoms with Crippen LogP contribution in [0.15, 0.2) is 53.4 Å². The minimum atomic E-state index is -3.85. The highest BCUT2D eigenvalue weighted by molar-refractivity contribution is 7.89. The summed E-state index contributed by atoms with van der Waals surface area (Å²) in [5.41, 5.74) is 5.62. The molecular formula is C17H19N3O5S. The van der Waals surface area contributed by atoms with Crippen LogP contribution in [0.5, 0.6) is 5.75 Å². The van der Waals surface area contributed by atoms with Gasteiger partial charge < -0.3 is 15.8 Å². The van der Waals surface area contributed by atoms with Crippen molar-refractivity contribution < 1.29 is 22.7 Å². The standard InChI is InChI=1S/C17H19N3O5S/c1-20(26(23,24)13-9-7-12(25-2)8-10-13)11-16(21)19-15-6-4-3-5-14(15)17(18)22/h3-10H,11H2,1-2H3,(H2,18,22)(H,19,21). The smallest absolute Gasteiger partial charge is 0.250 e. The lowest BCUT2D eigenvalue weighted by Gasteiger charge is -2.17. The molecule has 138 valence electrons. The van der Waals surface area contributed by atoms with Crippen molar-refractivity contribution in [1.82, 2.24) is 4.31 Å². The van der Waals surface area contributed by atoms with E-state index in [0.717, 1.165) is 4.31 Å². The van der Waals surface area contributed by atoms with Crippen LogP contribution in [0, 0.1) is 0 Å². The number of nitrogens with one attached hydrogen (secondary N) is 1. The molecule has 0 spiro atoms. The summed E-state index contributed by atoms with van der Waals surface area (Å²) >= 11 is 0. The molecule has 3 N–H and O–H groups in total. The number of carbonyl (C=O) groups is 2. The first-order valence-corrected chi connectivity index (χ1v) is 8.99. The van der Waals surface area contributed by atoms with Crippen LogP contribution >= 0.6 is 0 Å². The van der Waals surface area contributed by atoms with Crippen molar-refractivity contribution in [3.63, 3.8) is 0 Å². The van der Waals surface area contributed by atoms with Gasteiger partial charge in [-0.1, -0.05) is 12.1 Å². The van der Waals surface area contributed by atoms with Gasteiger partial charge in [0.25, 0.3) is 5.91 Å². The van der Waals surface area contributed by atoms with E-state index in [4.69, 9.17) is 10.5 Å². The van der Waals surface area contributed by atoms with Crippen molar-refractivity contribution in [2.24, 2.45) is 5.73 Å². The Labute approximate surface area is 151 Å². The highest BCUT2D eigenvalue weighted by Crippen LogP contribution is 2.19. The number of carbonyl (C=O) groups excluding carboxylic acids is 2. The fourth-order valence-electron chi connectivity index (χ4n) is 2.21. The number of hydrogen-bond acceptors (Lipinski definition) is 5. The number of likely N-dealkylation sites (N-methyl/N-ethyl adjacent to an activating group) is 1. The Morgan fingerprint density at radius 3 is 2.31 bits per heavy atom. The van der Waals surface area contributed by atoms with Crippen molar-refractivity contribution >= 4 is 27.5 Å². The quantitative estimate of drug-likeness (QED) is 0.748. The molecule has 0 bridgehead atoms. The number of primary amides is 1. The van der Waals surface area contributed by atoms with Crippen molar-refractivity contribution in [2.45, 2.75) is 4.90 Å². The van der Waals surface area contributed by atoms with Crippen LogP contribution in [0.2, 0.25) is 0 Å². The lowest BCUT2D eigenvalue weighted by Crippen LogP contribution is -2.35. The Balaban J connectivity index is 2.12. The molecule has 0 unspecified atom stereocenters. The number of sulfonamides is 1. The molecule has 0 aliphatic rings. The van der Waals surface area contributed by atoms with Gasteiger partial charge in [-0.05, 0) is 36.4 Å². The first-order valence-electron chi connectivity index (χ1n) is 7.55. The molecule has 2 aromatic carbocycles. The van der Waals surface area contributed by atoms with Gasteiger partial charge in [-0.3, -0.25) is 9.59 Å². The minimum Gasteiger partial charge on any atom is -0.497 e. The number of nitrogens with two attached hydrogens (primary N) is 1. The molecule has 0 aliphatic heterocycles. The second-order valence-electron chi connectivity index (χ2n) is 5.39. The third-order valence-electron chi connectivity index (χ3n) is 3.60. The predicted molar refractivity (Wildman–Crippen MR) is 96.4 cm³/mol. The molecule has 0 radical (unpaired) electrons. The maximum atomic E-state index is 12.5. The van der Waals surface area contributed by atoms with Crippen LogP contribution < -0.4 is 15.8 Å². The molecule has 8 nitrogen and oxygen atoms in total. The molecule has 2 aromatic rings. The molecular weight excluding hydrogens is 358 g/mol. The maximum absolute atomic E-state index is 12.5. The van der Waals surface area contributed by atoms with E-state index < -0.39 is 28.4 Å². The molecule has 0 heterocycles. The topological polar surface area (TPSA) is 119 Å². The van der Waals surface area contributed by atoms with Crippen molar-refractivity contribution in [2.75, 3.05) is 26.0 Å². The summed E-state index contributed by atoms with van der Waals surface area (Å²) in [4.78, 5) is 23.6. The van der Waals surface area contributed by atoms with Gasteiger partial charge in [0.05, 0.1) is 29.8 Å². The average molecular weight is 377 g/mol. The molecule has 0 atom stereocenters. The number of nitrogens with zero attached hydrogens (tertiary/aromatic N) is 1. The van der Waals surface area contributed by atoms with E-state index >= 15 is 0 Å². The zero-order valence-corrected chi connectivity index (χ0v) is 15.1. The zero-order chi connectivity index (χ0) is 19.3. The van der Waals surface area contributed by atoms with Gasteiger partial charge in [0.15, 0.2) is 0 Å². The molecule has 0 aromatic heterocycles. The fourth-order valence-corrected chi connectivity index (χ4v) is 3.34. The average Bonchev–Trinajstić information content (AvgIpc) is 2.61. The normalized spacial score (nSPS) is 11.2. The number of amides is 2. The molecule has 2 rings (SSSR count). The number of benzene rings is 2. The van der Waals surface area contributed by atoms with E-state index in [9.17, 15) is 18.0 Å². The van der Waals surface area contributed by atoms with Crippen LogP contribution in [0.4, 0.5) is 5.69 Å². The van der Waals surface area contributed by atoms with Crippen LogP contribution in [-0.4, -0.2) is 45.2 Å². The molecule has 0 saturated carbocycles. The first-order chi connectivity index (χ1) is 12.3.